The first kappa shape index (κ1) is 23.0. The number of carbonyl (C=O) groups is 1. The smallest absolute Gasteiger partial charge is 0.247 e. The van der Waals surface area contributed by atoms with Gasteiger partial charge in [0.1, 0.15) is 17.7 Å². The highest BCUT2D eigenvalue weighted by Crippen LogP contribution is 2.32. The minimum Gasteiger partial charge on any atom is -0.394 e. The summed E-state index contributed by atoms with van der Waals surface area (Å²) in [6, 6.07) is 7.36. The molecular weight excluding hydrogens is 442 g/mol. The Hall–Kier alpha value is -2.75. The first-order chi connectivity index (χ1) is 16.4. The molecule has 3 N–H and O–H groups in total. The Labute approximate surface area is 197 Å². The number of fused-ring (bicyclic) bond motifs is 1. The Morgan fingerprint density at radius 3 is 2.88 bits per heavy atom. The third kappa shape index (κ3) is 4.60. The number of aryl methyl sites for hydroxylation is 1. The topological polar surface area (TPSA) is 77.1 Å². The second-order valence-electron chi connectivity index (χ2n) is 9.37. The van der Waals surface area contributed by atoms with Gasteiger partial charge in [0.25, 0.3) is 0 Å². The summed E-state index contributed by atoms with van der Waals surface area (Å²) in [6.07, 6.45) is 1.02. The molecule has 1 unspecified atom stereocenters. The molecule has 9 heteroatoms. The normalized spacial score (nSPS) is 24.7. The van der Waals surface area contributed by atoms with Gasteiger partial charge in [-0.1, -0.05) is 6.07 Å². The van der Waals surface area contributed by atoms with Gasteiger partial charge in [-0.3, -0.25) is 9.69 Å². The summed E-state index contributed by atoms with van der Waals surface area (Å²) in [5, 5.41) is 15.3. The van der Waals surface area contributed by atoms with E-state index < -0.39 is 11.9 Å². The van der Waals surface area contributed by atoms with Gasteiger partial charge < -0.3 is 25.4 Å². The van der Waals surface area contributed by atoms with Crippen LogP contribution in [-0.2, 0) is 16.0 Å². The second-order valence-corrected chi connectivity index (χ2v) is 9.37. The molecule has 7 nitrogen and oxygen atoms in total. The average molecular weight is 473 g/mol. The van der Waals surface area contributed by atoms with E-state index >= 15 is 0 Å². The van der Waals surface area contributed by atoms with Gasteiger partial charge in [0.2, 0.25) is 5.91 Å². The molecule has 0 spiro atoms. The van der Waals surface area contributed by atoms with Crippen molar-refractivity contribution in [3.63, 3.8) is 0 Å². The van der Waals surface area contributed by atoms with Crippen LogP contribution in [0.15, 0.2) is 30.3 Å². The molecule has 0 aromatic heterocycles. The van der Waals surface area contributed by atoms with Gasteiger partial charge in [0.15, 0.2) is 0 Å². The lowest BCUT2D eigenvalue weighted by atomic mass is 10.1. The first-order valence-electron chi connectivity index (χ1n) is 11.8. The van der Waals surface area contributed by atoms with Crippen molar-refractivity contribution in [2.24, 2.45) is 0 Å². The molecule has 1 amide bonds. The maximum Gasteiger partial charge on any atom is 0.247 e. The monoisotopic (exact) mass is 472 g/mol. The highest BCUT2D eigenvalue weighted by Gasteiger charge is 2.33. The number of hydrogen-bond acceptors (Lipinski definition) is 6. The fraction of sp³-hybridized carbons (Fsp3) is 0.480. The van der Waals surface area contributed by atoms with Crippen LogP contribution in [0.5, 0.6) is 0 Å². The fourth-order valence-electron chi connectivity index (χ4n) is 5.24. The second kappa shape index (κ2) is 9.48. The number of morpholine rings is 1. The van der Waals surface area contributed by atoms with E-state index in [4.69, 9.17) is 4.74 Å². The number of hydrogen-bond donors (Lipinski definition) is 3. The number of aliphatic hydroxyl groups excluding tert-OH is 1. The zero-order valence-corrected chi connectivity index (χ0v) is 19.2. The van der Waals surface area contributed by atoms with Gasteiger partial charge in [-0.25, -0.2) is 8.78 Å². The Balaban J connectivity index is 1.24. The lowest BCUT2D eigenvalue weighted by Crippen LogP contribution is -2.49. The summed E-state index contributed by atoms with van der Waals surface area (Å²) in [5.74, 6) is -1.08. The van der Waals surface area contributed by atoms with Gasteiger partial charge in [0.05, 0.1) is 19.3 Å². The molecule has 0 radical (unpaired) electrons. The van der Waals surface area contributed by atoms with Gasteiger partial charge >= 0.3 is 0 Å². The van der Waals surface area contributed by atoms with E-state index in [-0.39, 0.29) is 30.9 Å². The van der Waals surface area contributed by atoms with Crippen LogP contribution in [0.4, 0.5) is 25.8 Å². The van der Waals surface area contributed by atoms with Crippen LogP contribution in [0.25, 0.3) is 0 Å². The molecule has 3 aliphatic heterocycles. The number of carbonyl (C=O) groups excluding carboxylic acids is 1. The Bertz CT molecular complexity index is 1050. The third-order valence-electron chi connectivity index (χ3n) is 7.08. The minimum atomic E-state index is -0.616. The van der Waals surface area contributed by atoms with Crippen LogP contribution in [-0.4, -0.2) is 73.5 Å². The number of rotatable bonds is 5. The number of nitrogens with one attached hydrogen (secondary N) is 2. The maximum absolute atomic E-state index is 14.5. The average Bonchev–Trinajstić information content (AvgIpc) is 3.50. The number of ether oxygens (including phenoxy) is 1. The first-order valence-corrected chi connectivity index (χ1v) is 11.8. The van der Waals surface area contributed by atoms with E-state index in [1.54, 1.807) is 12.1 Å². The molecule has 0 saturated carbocycles. The molecule has 2 fully saturated rings. The zero-order chi connectivity index (χ0) is 23.8. The summed E-state index contributed by atoms with van der Waals surface area (Å²) in [5.41, 5.74) is 3.15. The predicted molar refractivity (Wildman–Crippen MR) is 126 cm³/mol. The number of nitrogens with zero attached hydrogens (tertiary/aromatic N) is 2. The van der Waals surface area contributed by atoms with Crippen molar-refractivity contribution in [2.75, 3.05) is 54.9 Å². The standard InChI is InChI=1S/C25H30F2N4O3/c1-15-2-3-22(27)21-11-23(29-24(15)21)25(33)28-17-8-16(26)9-19(10-17)30-5-4-18(12-30)31-6-7-34-20(13-31)14-32/h2-3,8-10,18,20,23,29,32H,4-7,11-14H2,1H3,(H,28,33)/t18-,20+,23?/m0/s1. The highest BCUT2D eigenvalue weighted by molar-refractivity contribution is 5.98. The largest absolute Gasteiger partial charge is 0.394 e. The van der Waals surface area contributed by atoms with Crippen molar-refractivity contribution in [1.29, 1.82) is 0 Å². The molecule has 182 valence electrons. The third-order valence-corrected chi connectivity index (χ3v) is 7.08. The number of amides is 1. The van der Waals surface area contributed by atoms with Gasteiger partial charge in [-0.2, -0.15) is 0 Å². The quantitative estimate of drug-likeness (QED) is 0.621. The summed E-state index contributed by atoms with van der Waals surface area (Å²) in [6.45, 7) is 5.50. The number of benzene rings is 2. The summed E-state index contributed by atoms with van der Waals surface area (Å²) >= 11 is 0. The SMILES string of the molecule is Cc1ccc(F)c2c1NC(C(=O)Nc1cc(F)cc(N3CC[C@H](N4CCO[C@@H](CO)C4)C3)c1)C2. The Kier molecular flexibility index (Phi) is 6.42. The van der Waals surface area contributed by atoms with Crippen molar-refractivity contribution in [1.82, 2.24) is 4.90 Å². The molecule has 0 bridgehead atoms. The predicted octanol–water partition coefficient (Wildman–Crippen LogP) is 2.52. The molecule has 34 heavy (non-hydrogen) atoms. The van der Waals surface area contributed by atoms with E-state index in [9.17, 15) is 18.7 Å². The zero-order valence-electron chi connectivity index (χ0n) is 19.2. The highest BCUT2D eigenvalue weighted by atomic mass is 19.1. The van der Waals surface area contributed by atoms with E-state index in [1.165, 1.54) is 18.2 Å². The van der Waals surface area contributed by atoms with Gasteiger partial charge in [-0.05, 0) is 43.2 Å². The Morgan fingerprint density at radius 1 is 1.24 bits per heavy atom. The van der Waals surface area contributed by atoms with E-state index in [1.807, 2.05) is 6.92 Å². The van der Waals surface area contributed by atoms with Gasteiger partial charge in [0, 0.05) is 61.3 Å². The van der Waals surface area contributed by atoms with E-state index in [2.05, 4.69) is 20.4 Å². The van der Waals surface area contributed by atoms with Crippen molar-refractivity contribution in [3.8, 4) is 0 Å². The summed E-state index contributed by atoms with van der Waals surface area (Å²) < 4.78 is 34.2. The van der Waals surface area contributed by atoms with E-state index in [0.29, 0.717) is 41.8 Å². The fourth-order valence-corrected chi connectivity index (χ4v) is 5.24. The molecule has 3 aliphatic rings. The molecule has 2 aromatic carbocycles. The molecule has 2 saturated heterocycles. The maximum atomic E-state index is 14.5. The van der Waals surface area contributed by atoms with Crippen molar-refractivity contribution < 1.29 is 23.4 Å². The summed E-state index contributed by atoms with van der Waals surface area (Å²) in [7, 11) is 0. The molecule has 2 aromatic rings. The molecular formula is C25H30F2N4O3. The molecule has 3 heterocycles. The summed E-state index contributed by atoms with van der Waals surface area (Å²) in [4.78, 5) is 17.3. The van der Waals surface area contributed by atoms with Crippen molar-refractivity contribution in [3.05, 3.63) is 53.1 Å². The lowest BCUT2D eigenvalue weighted by Gasteiger charge is -2.36. The number of aliphatic hydroxyl groups is 1. The van der Waals surface area contributed by atoms with Crippen molar-refractivity contribution >= 4 is 23.0 Å². The molecule has 5 rings (SSSR count). The van der Waals surface area contributed by atoms with Crippen LogP contribution >= 0.6 is 0 Å². The minimum absolute atomic E-state index is 0.00698. The van der Waals surface area contributed by atoms with E-state index in [0.717, 1.165) is 31.6 Å². The van der Waals surface area contributed by atoms with Crippen molar-refractivity contribution in [2.45, 2.75) is 38.0 Å². The number of halogens is 2. The van der Waals surface area contributed by atoms with Crippen LogP contribution < -0.4 is 15.5 Å². The number of anilines is 3. The van der Waals surface area contributed by atoms with Crippen LogP contribution in [0, 0.1) is 18.6 Å². The van der Waals surface area contributed by atoms with Crippen LogP contribution in [0.2, 0.25) is 0 Å². The molecule has 0 aliphatic carbocycles. The van der Waals surface area contributed by atoms with Gasteiger partial charge in [-0.15, -0.1) is 0 Å². The van der Waals surface area contributed by atoms with Crippen LogP contribution in [0.3, 0.4) is 0 Å². The lowest BCUT2D eigenvalue weighted by molar-refractivity contribution is -0.116. The van der Waals surface area contributed by atoms with Crippen LogP contribution in [0.1, 0.15) is 17.5 Å². The molecule has 3 atom stereocenters. The Morgan fingerprint density at radius 2 is 2.09 bits per heavy atom.